The summed E-state index contributed by atoms with van der Waals surface area (Å²) in [5.41, 5.74) is 0.617. The van der Waals surface area contributed by atoms with Gasteiger partial charge in [-0.1, -0.05) is 18.2 Å². The van der Waals surface area contributed by atoms with Gasteiger partial charge in [0.05, 0.1) is 11.8 Å². The van der Waals surface area contributed by atoms with Crippen molar-refractivity contribution in [3.05, 3.63) is 35.9 Å². The van der Waals surface area contributed by atoms with Gasteiger partial charge in [-0.05, 0) is 38.8 Å². The van der Waals surface area contributed by atoms with E-state index in [1.54, 1.807) is 30.9 Å². The van der Waals surface area contributed by atoms with Gasteiger partial charge in [-0.2, -0.15) is 0 Å². The average Bonchev–Trinajstić information content (AvgIpc) is 2.61. The van der Waals surface area contributed by atoms with Crippen LogP contribution in [0.25, 0.3) is 0 Å². The molecule has 24 heavy (non-hydrogen) atoms. The fraction of sp³-hybridized carbons (Fsp3) is 0.500. The molecule has 1 aliphatic heterocycles. The third kappa shape index (κ3) is 4.34. The number of hydrogen-bond donors (Lipinski definition) is 2. The maximum Gasteiger partial charge on any atom is 0.308 e. The van der Waals surface area contributed by atoms with E-state index in [-0.39, 0.29) is 17.7 Å². The zero-order valence-electron chi connectivity index (χ0n) is 14.1. The van der Waals surface area contributed by atoms with Crippen LogP contribution in [0.5, 0.6) is 0 Å². The molecule has 0 aliphatic carbocycles. The molecule has 0 saturated carbocycles. The lowest BCUT2D eigenvalue weighted by molar-refractivity contribution is -0.142. The molecule has 1 aromatic rings. The Labute approximate surface area is 141 Å². The Kier molecular flexibility index (Phi) is 5.95. The SMILES string of the molecule is CC(NC(=O)C1CCCN(C(=O)c2ccccc2)C1)C(C)C(=O)O. The Bertz CT molecular complexity index is 602. The van der Waals surface area contributed by atoms with Gasteiger partial charge in [-0.25, -0.2) is 0 Å². The van der Waals surface area contributed by atoms with Gasteiger partial charge in [-0.3, -0.25) is 14.4 Å². The first-order chi connectivity index (χ1) is 11.4. The van der Waals surface area contributed by atoms with Gasteiger partial charge in [-0.15, -0.1) is 0 Å². The number of carbonyl (C=O) groups is 3. The zero-order valence-corrected chi connectivity index (χ0v) is 14.1. The Balaban J connectivity index is 1.96. The van der Waals surface area contributed by atoms with Crippen LogP contribution >= 0.6 is 0 Å². The second-order valence-electron chi connectivity index (χ2n) is 6.38. The zero-order chi connectivity index (χ0) is 17.7. The minimum atomic E-state index is -0.938. The number of benzene rings is 1. The number of aliphatic carboxylic acids is 1. The molecule has 0 aromatic heterocycles. The molecule has 0 spiro atoms. The molecule has 2 amide bonds. The lowest BCUT2D eigenvalue weighted by Gasteiger charge is -2.33. The smallest absolute Gasteiger partial charge is 0.308 e. The molecule has 1 saturated heterocycles. The summed E-state index contributed by atoms with van der Waals surface area (Å²) in [6, 6.07) is 8.57. The monoisotopic (exact) mass is 332 g/mol. The fourth-order valence-electron chi connectivity index (χ4n) is 2.82. The first-order valence-corrected chi connectivity index (χ1v) is 8.27. The van der Waals surface area contributed by atoms with Crippen molar-refractivity contribution in [1.82, 2.24) is 10.2 Å². The molecule has 6 nitrogen and oxygen atoms in total. The highest BCUT2D eigenvalue weighted by molar-refractivity contribution is 5.94. The lowest BCUT2D eigenvalue weighted by atomic mass is 9.95. The van der Waals surface area contributed by atoms with Crippen LogP contribution in [0.1, 0.15) is 37.0 Å². The summed E-state index contributed by atoms with van der Waals surface area (Å²) in [7, 11) is 0. The van der Waals surface area contributed by atoms with Crippen LogP contribution in [0.3, 0.4) is 0 Å². The summed E-state index contributed by atoms with van der Waals surface area (Å²) in [6.45, 7) is 4.26. The third-order valence-corrected chi connectivity index (χ3v) is 4.61. The number of rotatable bonds is 5. The van der Waals surface area contributed by atoms with E-state index in [0.717, 1.165) is 6.42 Å². The van der Waals surface area contributed by atoms with E-state index in [2.05, 4.69) is 5.32 Å². The van der Waals surface area contributed by atoms with Crippen LogP contribution in [0, 0.1) is 11.8 Å². The van der Waals surface area contributed by atoms with Gasteiger partial charge >= 0.3 is 5.97 Å². The van der Waals surface area contributed by atoms with Crippen LogP contribution < -0.4 is 5.32 Å². The van der Waals surface area contributed by atoms with Crippen molar-refractivity contribution in [2.75, 3.05) is 13.1 Å². The summed E-state index contributed by atoms with van der Waals surface area (Å²) in [4.78, 5) is 37.6. The van der Waals surface area contributed by atoms with Crippen LogP contribution in [0.4, 0.5) is 0 Å². The lowest BCUT2D eigenvalue weighted by Crippen LogP contribution is -2.48. The molecule has 6 heteroatoms. The molecule has 1 aromatic carbocycles. The fourth-order valence-corrected chi connectivity index (χ4v) is 2.82. The molecule has 2 rings (SSSR count). The highest BCUT2D eigenvalue weighted by Gasteiger charge is 2.30. The number of piperidine rings is 1. The number of nitrogens with zero attached hydrogens (tertiary/aromatic N) is 1. The number of carboxylic acid groups (broad SMARTS) is 1. The third-order valence-electron chi connectivity index (χ3n) is 4.61. The number of nitrogens with one attached hydrogen (secondary N) is 1. The maximum absolute atomic E-state index is 12.5. The molecular weight excluding hydrogens is 308 g/mol. The summed E-state index contributed by atoms with van der Waals surface area (Å²) in [6.07, 6.45) is 1.47. The summed E-state index contributed by atoms with van der Waals surface area (Å²) in [5.74, 6) is -2.14. The van der Waals surface area contributed by atoms with Crippen molar-refractivity contribution in [3.63, 3.8) is 0 Å². The average molecular weight is 332 g/mol. The standard InChI is InChI=1S/C18H24N2O4/c1-12(18(23)24)13(2)19-16(21)15-9-6-10-20(11-15)17(22)14-7-4-3-5-8-14/h3-5,7-8,12-13,15H,6,9-11H2,1-2H3,(H,19,21)(H,23,24). The van der Waals surface area contributed by atoms with Crippen molar-refractivity contribution < 1.29 is 19.5 Å². The normalized spacial score (nSPS) is 20.1. The molecule has 0 radical (unpaired) electrons. The number of hydrogen-bond acceptors (Lipinski definition) is 3. The first kappa shape index (κ1) is 18.0. The van der Waals surface area contributed by atoms with E-state index in [1.807, 2.05) is 18.2 Å². The van der Waals surface area contributed by atoms with E-state index in [9.17, 15) is 14.4 Å². The predicted octanol–water partition coefficient (Wildman–Crippen LogP) is 1.76. The molecule has 3 atom stereocenters. The van der Waals surface area contributed by atoms with Crippen molar-refractivity contribution in [1.29, 1.82) is 0 Å². The predicted molar refractivity (Wildman–Crippen MR) is 89.5 cm³/mol. The van der Waals surface area contributed by atoms with Gasteiger partial charge in [0.25, 0.3) is 5.91 Å². The number of amides is 2. The van der Waals surface area contributed by atoms with Crippen molar-refractivity contribution in [2.24, 2.45) is 11.8 Å². The van der Waals surface area contributed by atoms with Gasteiger partial charge in [0.15, 0.2) is 0 Å². The van der Waals surface area contributed by atoms with Crippen LogP contribution in [0.2, 0.25) is 0 Å². The van der Waals surface area contributed by atoms with E-state index < -0.39 is 17.9 Å². The van der Waals surface area contributed by atoms with Crippen molar-refractivity contribution in [3.8, 4) is 0 Å². The van der Waals surface area contributed by atoms with Gasteiger partial charge in [0, 0.05) is 24.7 Å². The van der Waals surface area contributed by atoms with Gasteiger partial charge in [0.1, 0.15) is 0 Å². The van der Waals surface area contributed by atoms with Gasteiger partial charge < -0.3 is 15.3 Å². The van der Waals surface area contributed by atoms with Gasteiger partial charge in [0.2, 0.25) is 5.91 Å². The van der Waals surface area contributed by atoms with E-state index in [4.69, 9.17) is 5.11 Å². The number of carboxylic acids is 1. The van der Waals surface area contributed by atoms with Crippen molar-refractivity contribution >= 4 is 17.8 Å². The quantitative estimate of drug-likeness (QED) is 0.860. The summed E-state index contributed by atoms with van der Waals surface area (Å²) < 4.78 is 0. The summed E-state index contributed by atoms with van der Waals surface area (Å²) >= 11 is 0. The Morgan fingerprint density at radius 1 is 1.21 bits per heavy atom. The minimum absolute atomic E-state index is 0.0694. The van der Waals surface area contributed by atoms with Crippen LogP contribution in [0.15, 0.2) is 30.3 Å². The highest BCUT2D eigenvalue weighted by atomic mass is 16.4. The van der Waals surface area contributed by atoms with E-state index in [0.29, 0.717) is 25.1 Å². The Morgan fingerprint density at radius 2 is 1.88 bits per heavy atom. The second-order valence-corrected chi connectivity index (χ2v) is 6.38. The molecule has 1 heterocycles. The maximum atomic E-state index is 12.5. The number of carbonyl (C=O) groups excluding carboxylic acids is 2. The van der Waals surface area contributed by atoms with Crippen molar-refractivity contribution in [2.45, 2.75) is 32.7 Å². The molecular formula is C18H24N2O4. The van der Waals surface area contributed by atoms with Crippen LogP contribution in [-0.4, -0.2) is 46.9 Å². The molecule has 130 valence electrons. The summed E-state index contributed by atoms with van der Waals surface area (Å²) in [5, 5.41) is 11.8. The Hall–Kier alpha value is -2.37. The topological polar surface area (TPSA) is 86.7 Å². The Morgan fingerprint density at radius 3 is 2.50 bits per heavy atom. The molecule has 3 unspecified atom stereocenters. The minimum Gasteiger partial charge on any atom is -0.481 e. The molecule has 1 aliphatic rings. The number of likely N-dealkylation sites (tertiary alicyclic amines) is 1. The first-order valence-electron chi connectivity index (χ1n) is 8.27. The highest BCUT2D eigenvalue weighted by Crippen LogP contribution is 2.19. The molecule has 2 N–H and O–H groups in total. The van der Waals surface area contributed by atoms with E-state index in [1.165, 1.54) is 0 Å². The second kappa shape index (κ2) is 7.95. The largest absolute Gasteiger partial charge is 0.481 e. The molecule has 1 fully saturated rings. The van der Waals surface area contributed by atoms with Crippen LogP contribution in [-0.2, 0) is 9.59 Å². The van der Waals surface area contributed by atoms with E-state index >= 15 is 0 Å². The molecule has 0 bridgehead atoms.